The predicted molar refractivity (Wildman–Crippen MR) is 73.4 cm³/mol. The van der Waals surface area contributed by atoms with Crippen molar-refractivity contribution < 1.29 is 9.90 Å². The first-order valence-corrected chi connectivity index (χ1v) is 7.02. The third-order valence-corrected chi connectivity index (χ3v) is 3.83. The van der Waals surface area contributed by atoms with Gasteiger partial charge < -0.3 is 10.4 Å². The molecule has 0 saturated heterocycles. The third-order valence-electron chi connectivity index (χ3n) is 3.83. The van der Waals surface area contributed by atoms with Crippen molar-refractivity contribution in [3.8, 4) is 0 Å². The minimum absolute atomic E-state index is 0.0222. The van der Waals surface area contributed by atoms with Crippen LogP contribution < -0.4 is 5.32 Å². The van der Waals surface area contributed by atoms with Crippen LogP contribution in [0.3, 0.4) is 0 Å². The van der Waals surface area contributed by atoms with E-state index in [2.05, 4.69) is 5.32 Å². The van der Waals surface area contributed by atoms with E-state index in [-0.39, 0.29) is 17.9 Å². The van der Waals surface area contributed by atoms with E-state index in [4.69, 9.17) is 0 Å². The molecule has 1 aliphatic rings. The summed E-state index contributed by atoms with van der Waals surface area (Å²) in [6.45, 7) is 4.47. The zero-order valence-corrected chi connectivity index (χ0v) is 12.2. The summed E-state index contributed by atoms with van der Waals surface area (Å²) in [5, 5.41) is 13.3. The minimum atomic E-state index is -0.679. The SMILES string of the molecule is CC(C)C(C(=O)NCC1(O)CCCCC1)N(C)C. The summed E-state index contributed by atoms with van der Waals surface area (Å²) in [7, 11) is 3.83. The van der Waals surface area contributed by atoms with E-state index in [1.165, 1.54) is 6.42 Å². The second-order valence-electron chi connectivity index (χ2n) is 6.16. The molecular weight excluding hydrogens is 228 g/mol. The Bertz CT molecular complexity index is 263. The first-order valence-electron chi connectivity index (χ1n) is 7.02. The molecule has 18 heavy (non-hydrogen) atoms. The summed E-state index contributed by atoms with van der Waals surface area (Å²) in [5.41, 5.74) is -0.679. The number of nitrogens with one attached hydrogen (secondary N) is 1. The van der Waals surface area contributed by atoms with Crippen LogP contribution >= 0.6 is 0 Å². The number of aliphatic hydroxyl groups is 1. The van der Waals surface area contributed by atoms with Crippen molar-refractivity contribution in [3.63, 3.8) is 0 Å². The zero-order valence-electron chi connectivity index (χ0n) is 12.2. The van der Waals surface area contributed by atoms with Gasteiger partial charge in [0.15, 0.2) is 0 Å². The number of hydrogen-bond donors (Lipinski definition) is 2. The molecule has 106 valence electrons. The van der Waals surface area contributed by atoms with Gasteiger partial charge in [0.1, 0.15) is 0 Å². The highest BCUT2D eigenvalue weighted by Gasteiger charge is 2.31. The van der Waals surface area contributed by atoms with Gasteiger partial charge in [0, 0.05) is 6.54 Å². The molecule has 4 nitrogen and oxygen atoms in total. The number of hydrogen-bond acceptors (Lipinski definition) is 3. The average Bonchev–Trinajstić information content (AvgIpc) is 2.26. The van der Waals surface area contributed by atoms with Gasteiger partial charge in [-0.25, -0.2) is 0 Å². The fourth-order valence-corrected chi connectivity index (χ4v) is 2.88. The Hall–Kier alpha value is -0.610. The molecule has 1 atom stereocenters. The molecular formula is C14H28N2O2. The Morgan fingerprint density at radius 1 is 1.28 bits per heavy atom. The fraction of sp³-hybridized carbons (Fsp3) is 0.929. The Balaban J connectivity index is 2.48. The quantitative estimate of drug-likeness (QED) is 0.781. The number of amides is 1. The lowest BCUT2D eigenvalue weighted by atomic mass is 9.85. The van der Waals surface area contributed by atoms with Crippen molar-refractivity contribution >= 4 is 5.91 Å². The highest BCUT2D eigenvalue weighted by Crippen LogP contribution is 2.27. The highest BCUT2D eigenvalue weighted by molar-refractivity contribution is 5.82. The second kappa shape index (κ2) is 6.53. The molecule has 0 radical (unpaired) electrons. The van der Waals surface area contributed by atoms with Crippen molar-refractivity contribution in [2.24, 2.45) is 5.92 Å². The summed E-state index contributed by atoms with van der Waals surface area (Å²) < 4.78 is 0. The smallest absolute Gasteiger partial charge is 0.237 e. The molecule has 4 heteroatoms. The van der Waals surface area contributed by atoms with E-state index in [0.29, 0.717) is 6.54 Å². The van der Waals surface area contributed by atoms with E-state index in [1.807, 2.05) is 32.8 Å². The van der Waals surface area contributed by atoms with E-state index >= 15 is 0 Å². The van der Waals surface area contributed by atoms with Crippen molar-refractivity contribution in [2.75, 3.05) is 20.6 Å². The Morgan fingerprint density at radius 2 is 1.83 bits per heavy atom. The monoisotopic (exact) mass is 256 g/mol. The van der Waals surface area contributed by atoms with Crippen LogP contribution in [0.5, 0.6) is 0 Å². The minimum Gasteiger partial charge on any atom is -0.388 e. The predicted octanol–water partition coefficient (Wildman–Crippen LogP) is 1.38. The number of nitrogens with zero attached hydrogens (tertiary/aromatic N) is 1. The summed E-state index contributed by atoms with van der Waals surface area (Å²) in [6.07, 6.45) is 4.94. The molecule has 0 bridgehead atoms. The van der Waals surface area contributed by atoms with Gasteiger partial charge in [0.05, 0.1) is 11.6 Å². The molecule has 0 aromatic heterocycles. The van der Waals surface area contributed by atoms with E-state index in [0.717, 1.165) is 25.7 Å². The molecule has 1 unspecified atom stereocenters. The van der Waals surface area contributed by atoms with E-state index < -0.39 is 5.60 Å². The van der Waals surface area contributed by atoms with Gasteiger partial charge >= 0.3 is 0 Å². The van der Waals surface area contributed by atoms with Crippen LogP contribution in [0.4, 0.5) is 0 Å². The summed E-state index contributed by atoms with van der Waals surface area (Å²) in [5.74, 6) is 0.287. The topological polar surface area (TPSA) is 52.6 Å². The maximum atomic E-state index is 12.1. The Kier molecular flexibility index (Phi) is 5.60. The van der Waals surface area contributed by atoms with Crippen molar-refractivity contribution in [1.82, 2.24) is 10.2 Å². The first kappa shape index (κ1) is 15.4. The summed E-state index contributed by atoms with van der Waals surface area (Å²) in [4.78, 5) is 14.1. The zero-order chi connectivity index (χ0) is 13.8. The van der Waals surface area contributed by atoms with Crippen molar-refractivity contribution in [1.29, 1.82) is 0 Å². The van der Waals surface area contributed by atoms with E-state index in [9.17, 15) is 9.90 Å². The molecule has 0 spiro atoms. The fourth-order valence-electron chi connectivity index (χ4n) is 2.88. The van der Waals surface area contributed by atoms with Crippen molar-refractivity contribution in [3.05, 3.63) is 0 Å². The average molecular weight is 256 g/mol. The third kappa shape index (κ3) is 4.25. The Labute approximate surface area is 111 Å². The summed E-state index contributed by atoms with van der Waals surface area (Å²) >= 11 is 0. The van der Waals surface area contributed by atoms with Gasteiger partial charge in [0.2, 0.25) is 5.91 Å². The molecule has 0 aromatic carbocycles. The van der Waals surface area contributed by atoms with Crippen LogP contribution in [-0.2, 0) is 4.79 Å². The molecule has 1 saturated carbocycles. The maximum Gasteiger partial charge on any atom is 0.237 e. The van der Waals surface area contributed by atoms with Gasteiger partial charge in [0.25, 0.3) is 0 Å². The molecule has 1 rings (SSSR count). The number of likely N-dealkylation sites (N-methyl/N-ethyl adjacent to an activating group) is 1. The van der Waals surface area contributed by atoms with Crippen LogP contribution in [0.2, 0.25) is 0 Å². The maximum absolute atomic E-state index is 12.1. The van der Waals surface area contributed by atoms with Gasteiger partial charge in [-0.1, -0.05) is 33.1 Å². The second-order valence-corrected chi connectivity index (χ2v) is 6.16. The number of carbonyl (C=O) groups excluding carboxylic acids is 1. The van der Waals surface area contributed by atoms with Crippen LogP contribution in [0, 0.1) is 5.92 Å². The van der Waals surface area contributed by atoms with Crippen LogP contribution in [0.1, 0.15) is 46.0 Å². The van der Waals surface area contributed by atoms with E-state index in [1.54, 1.807) is 0 Å². The number of rotatable bonds is 5. The molecule has 0 heterocycles. The lowest BCUT2D eigenvalue weighted by Gasteiger charge is -2.34. The highest BCUT2D eigenvalue weighted by atomic mass is 16.3. The van der Waals surface area contributed by atoms with Crippen LogP contribution in [0.15, 0.2) is 0 Å². The van der Waals surface area contributed by atoms with Gasteiger partial charge in [-0.2, -0.15) is 0 Å². The Morgan fingerprint density at radius 3 is 2.28 bits per heavy atom. The number of carbonyl (C=O) groups is 1. The summed E-state index contributed by atoms with van der Waals surface area (Å²) in [6, 6.07) is -0.128. The molecule has 2 N–H and O–H groups in total. The lowest BCUT2D eigenvalue weighted by molar-refractivity contribution is -0.128. The van der Waals surface area contributed by atoms with Crippen molar-refractivity contribution in [2.45, 2.75) is 57.6 Å². The van der Waals surface area contributed by atoms with Crippen LogP contribution in [-0.4, -0.2) is 48.2 Å². The molecule has 1 amide bonds. The standard InChI is InChI=1S/C14H28N2O2/c1-11(2)12(16(3)4)13(17)15-10-14(18)8-6-5-7-9-14/h11-12,18H,5-10H2,1-4H3,(H,15,17). The molecule has 0 aliphatic heterocycles. The first-order chi connectivity index (χ1) is 8.36. The van der Waals surface area contributed by atoms with Gasteiger partial charge in [-0.3, -0.25) is 9.69 Å². The molecule has 1 fully saturated rings. The largest absolute Gasteiger partial charge is 0.388 e. The van der Waals surface area contributed by atoms with Gasteiger partial charge in [-0.15, -0.1) is 0 Å². The van der Waals surface area contributed by atoms with Gasteiger partial charge in [-0.05, 0) is 32.9 Å². The normalized spacial score (nSPS) is 21.1. The van der Waals surface area contributed by atoms with Crippen LogP contribution in [0.25, 0.3) is 0 Å². The molecule has 0 aromatic rings. The lowest BCUT2D eigenvalue weighted by Crippen LogP contribution is -2.51. The molecule has 1 aliphatic carbocycles.